The van der Waals surface area contributed by atoms with Gasteiger partial charge in [0.25, 0.3) is 0 Å². The second kappa shape index (κ2) is 9.65. The summed E-state index contributed by atoms with van der Waals surface area (Å²) >= 11 is 0. The van der Waals surface area contributed by atoms with Crippen molar-refractivity contribution in [3.8, 4) is 28.7 Å². The third kappa shape index (κ3) is 5.34. The van der Waals surface area contributed by atoms with E-state index in [1.54, 1.807) is 41.2 Å². The highest BCUT2D eigenvalue weighted by Gasteiger charge is 2.12. The van der Waals surface area contributed by atoms with Crippen LogP contribution < -0.4 is 5.73 Å². The van der Waals surface area contributed by atoms with Crippen LogP contribution in [0.5, 0.6) is 0 Å². The number of ether oxygens (including phenoxy) is 1. The summed E-state index contributed by atoms with van der Waals surface area (Å²) in [7, 11) is 1.37. The maximum Gasteiger partial charge on any atom is 0.305 e. The molecule has 33 heavy (non-hydrogen) atoms. The number of nitriles is 1. The zero-order valence-corrected chi connectivity index (χ0v) is 17.8. The van der Waals surface area contributed by atoms with E-state index >= 15 is 0 Å². The predicted molar refractivity (Wildman–Crippen MR) is 119 cm³/mol. The Labute approximate surface area is 189 Å². The molecule has 0 atom stereocenters. The van der Waals surface area contributed by atoms with E-state index in [-0.39, 0.29) is 18.3 Å². The summed E-state index contributed by atoms with van der Waals surface area (Å²) in [6.45, 7) is 0.405. The molecule has 0 aliphatic heterocycles. The molecular weight excluding hydrogens is 420 g/mol. The van der Waals surface area contributed by atoms with Crippen molar-refractivity contribution < 1.29 is 9.53 Å². The maximum absolute atomic E-state index is 11.4. The number of aromatic nitrogens is 6. The number of carbonyl (C=O) groups is 1. The maximum atomic E-state index is 11.4. The first-order valence-corrected chi connectivity index (χ1v) is 10.1. The van der Waals surface area contributed by atoms with Crippen LogP contribution >= 0.6 is 0 Å². The Balaban J connectivity index is 1.52. The van der Waals surface area contributed by atoms with Crippen LogP contribution in [-0.2, 0) is 22.5 Å². The second-order valence-electron chi connectivity index (χ2n) is 7.18. The van der Waals surface area contributed by atoms with Crippen LogP contribution in [0.4, 0.5) is 5.95 Å². The van der Waals surface area contributed by atoms with Gasteiger partial charge in [0.05, 0.1) is 55.0 Å². The summed E-state index contributed by atoms with van der Waals surface area (Å²) in [5.41, 5.74) is 10.6. The fourth-order valence-corrected chi connectivity index (χ4v) is 3.21. The summed E-state index contributed by atoms with van der Waals surface area (Å²) < 4.78 is 6.33. The Morgan fingerprint density at radius 3 is 2.58 bits per heavy atom. The van der Waals surface area contributed by atoms with Crippen molar-refractivity contribution in [3.05, 3.63) is 71.7 Å². The lowest BCUT2D eigenvalue weighted by Gasteiger charge is -2.05. The SMILES string of the molecule is COC(=O)CCc1cccc(Cn2cc(-c3cc(-c4ccc(C#N)cc4)nc(N)n3)nn2)n1. The van der Waals surface area contributed by atoms with E-state index in [0.717, 1.165) is 17.0 Å². The van der Waals surface area contributed by atoms with Crippen molar-refractivity contribution in [3.63, 3.8) is 0 Å². The number of rotatable bonds is 7. The highest BCUT2D eigenvalue weighted by Crippen LogP contribution is 2.23. The van der Waals surface area contributed by atoms with E-state index in [0.29, 0.717) is 35.6 Å². The fourth-order valence-electron chi connectivity index (χ4n) is 3.21. The summed E-state index contributed by atoms with van der Waals surface area (Å²) in [4.78, 5) is 24.5. The van der Waals surface area contributed by atoms with Crippen LogP contribution in [-0.4, -0.2) is 43.0 Å². The van der Waals surface area contributed by atoms with Crippen LogP contribution in [0.15, 0.2) is 54.7 Å². The topological polar surface area (TPSA) is 145 Å². The van der Waals surface area contributed by atoms with E-state index in [2.05, 4.69) is 36.1 Å². The van der Waals surface area contributed by atoms with Gasteiger partial charge in [-0.3, -0.25) is 9.78 Å². The minimum Gasteiger partial charge on any atom is -0.469 e. The lowest BCUT2D eigenvalue weighted by Crippen LogP contribution is -2.06. The van der Waals surface area contributed by atoms with E-state index in [1.165, 1.54) is 7.11 Å². The van der Waals surface area contributed by atoms with Crippen molar-refractivity contribution in [1.29, 1.82) is 5.26 Å². The molecule has 10 heteroatoms. The average Bonchev–Trinajstić information content (AvgIpc) is 3.31. The molecule has 164 valence electrons. The van der Waals surface area contributed by atoms with Crippen molar-refractivity contribution >= 4 is 11.9 Å². The molecule has 0 aliphatic carbocycles. The third-order valence-electron chi connectivity index (χ3n) is 4.86. The number of nitrogens with two attached hydrogens (primary N) is 1. The Kier molecular flexibility index (Phi) is 6.31. The summed E-state index contributed by atoms with van der Waals surface area (Å²) in [6.07, 6.45) is 2.53. The molecule has 0 saturated carbocycles. The van der Waals surface area contributed by atoms with Crippen molar-refractivity contribution in [2.75, 3.05) is 12.8 Å². The first-order valence-electron chi connectivity index (χ1n) is 10.1. The first kappa shape index (κ1) is 21.6. The van der Waals surface area contributed by atoms with Crippen LogP contribution in [0.25, 0.3) is 22.6 Å². The number of pyridine rings is 1. The molecule has 0 unspecified atom stereocenters. The van der Waals surface area contributed by atoms with Crippen molar-refractivity contribution in [2.45, 2.75) is 19.4 Å². The molecule has 3 aromatic heterocycles. The van der Waals surface area contributed by atoms with Gasteiger partial charge in [0.1, 0.15) is 5.69 Å². The minimum atomic E-state index is -0.271. The van der Waals surface area contributed by atoms with E-state index in [9.17, 15) is 4.79 Å². The smallest absolute Gasteiger partial charge is 0.305 e. The summed E-state index contributed by atoms with van der Waals surface area (Å²) in [5.74, 6) is -0.158. The first-order chi connectivity index (χ1) is 16.0. The lowest BCUT2D eigenvalue weighted by atomic mass is 10.1. The highest BCUT2D eigenvalue weighted by atomic mass is 16.5. The number of anilines is 1. The Bertz CT molecular complexity index is 1330. The monoisotopic (exact) mass is 440 g/mol. The van der Waals surface area contributed by atoms with Crippen molar-refractivity contribution in [1.82, 2.24) is 29.9 Å². The van der Waals surface area contributed by atoms with E-state index in [4.69, 9.17) is 11.0 Å². The molecule has 10 nitrogen and oxygen atoms in total. The standard InChI is InChI=1S/C23H20N8O2/c1-33-22(32)10-9-17-3-2-4-18(26-17)13-31-14-21(29-30-31)20-11-19(27-23(25)28-20)16-7-5-15(12-24)6-8-16/h2-8,11,14H,9-10,13H2,1H3,(H2,25,27,28). The molecule has 0 spiro atoms. The number of benzene rings is 1. The average molecular weight is 440 g/mol. The Hall–Kier alpha value is -4.65. The Morgan fingerprint density at radius 1 is 1.06 bits per heavy atom. The molecular formula is C23H20N8O2. The number of nitrogen functional groups attached to an aromatic ring is 1. The molecule has 0 aliphatic rings. The number of nitrogens with zero attached hydrogens (tertiary/aromatic N) is 7. The number of hydrogen-bond acceptors (Lipinski definition) is 9. The van der Waals surface area contributed by atoms with Gasteiger partial charge in [0.2, 0.25) is 5.95 Å². The van der Waals surface area contributed by atoms with E-state index in [1.807, 2.05) is 18.2 Å². The Morgan fingerprint density at radius 2 is 1.82 bits per heavy atom. The summed E-state index contributed by atoms with van der Waals surface area (Å²) in [6, 6.07) is 16.6. The molecule has 4 rings (SSSR count). The zero-order chi connectivity index (χ0) is 23.2. The molecule has 0 amide bonds. The molecule has 2 N–H and O–H groups in total. The van der Waals surface area contributed by atoms with E-state index < -0.39 is 0 Å². The molecule has 1 aromatic carbocycles. The van der Waals surface area contributed by atoms with Gasteiger partial charge in [-0.25, -0.2) is 14.6 Å². The van der Waals surface area contributed by atoms with Gasteiger partial charge in [-0.15, -0.1) is 5.10 Å². The second-order valence-corrected chi connectivity index (χ2v) is 7.18. The van der Waals surface area contributed by atoms with Crippen LogP contribution in [0.3, 0.4) is 0 Å². The van der Waals surface area contributed by atoms with Gasteiger partial charge in [-0.1, -0.05) is 23.4 Å². The van der Waals surface area contributed by atoms with Crippen LogP contribution in [0, 0.1) is 11.3 Å². The molecule has 0 radical (unpaired) electrons. The zero-order valence-electron chi connectivity index (χ0n) is 17.8. The minimum absolute atomic E-state index is 0.112. The van der Waals surface area contributed by atoms with Crippen LogP contribution in [0.2, 0.25) is 0 Å². The van der Waals surface area contributed by atoms with Gasteiger partial charge in [0, 0.05) is 17.7 Å². The number of esters is 1. The largest absolute Gasteiger partial charge is 0.469 e. The van der Waals surface area contributed by atoms with Gasteiger partial charge in [-0.2, -0.15) is 5.26 Å². The lowest BCUT2D eigenvalue weighted by molar-refractivity contribution is -0.140. The normalized spacial score (nSPS) is 10.5. The highest BCUT2D eigenvalue weighted by molar-refractivity contribution is 5.69. The number of aryl methyl sites for hydroxylation is 1. The van der Waals surface area contributed by atoms with Gasteiger partial charge in [-0.05, 0) is 30.3 Å². The molecule has 3 heterocycles. The predicted octanol–water partition coefficient (Wildman–Crippen LogP) is 2.40. The summed E-state index contributed by atoms with van der Waals surface area (Å²) in [5, 5.41) is 17.4. The fraction of sp³-hybridized carbons (Fsp3) is 0.174. The molecule has 0 saturated heterocycles. The van der Waals surface area contributed by atoms with Crippen molar-refractivity contribution in [2.24, 2.45) is 0 Å². The number of hydrogen-bond donors (Lipinski definition) is 1. The van der Waals surface area contributed by atoms with Gasteiger partial charge < -0.3 is 10.5 Å². The molecule has 0 bridgehead atoms. The van der Waals surface area contributed by atoms with Crippen LogP contribution in [0.1, 0.15) is 23.4 Å². The molecule has 4 aromatic rings. The van der Waals surface area contributed by atoms with Gasteiger partial charge >= 0.3 is 5.97 Å². The quantitative estimate of drug-likeness (QED) is 0.428. The third-order valence-corrected chi connectivity index (χ3v) is 4.86. The molecule has 0 fully saturated rings. The van der Waals surface area contributed by atoms with Gasteiger partial charge in [0.15, 0.2) is 0 Å². The number of carbonyl (C=O) groups excluding carboxylic acids is 1. The number of methoxy groups -OCH3 is 1.